The van der Waals surface area contributed by atoms with Crippen LogP contribution in [-0.4, -0.2) is 43.8 Å². The molecule has 4 aromatic rings. The van der Waals surface area contributed by atoms with E-state index < -0.39 is 0 Å². The van der Waals surface area contributed by atoms with Crippen molar-refractivity contribution < 1.29 is 40.8 Å². The second-order valence-electron chi connectivity index (χ2n) is 17.3. The van der Waals surface area contributed by atoms with E-state index in [4.69, 9.17) is 10.6 Å². The molecule has 4 nitrogen and oxygen atoms in total. The van der Waals surface area contributed by atoms with Crippen LogP contribution in [0.1, 0.15) is 129 Å². The van der Waals surface area contributed by atoms with Crippen molar-refractivity contribution in [3.8, 4) is 0 Å². The fraction of sp³-hybridized carbons (Fsp3) is 0.481. The maximum atomic E-state index is 4.86. The van der Waals surface area contributed by atoms with E-state index in [1.165, 1.54) is 27.8 Å². The van der Waals surface area contributed by atoms with Gasteiger partial charge in [-0.05, 0) is 71.9 Å². The van der Waals surface area contributed by atoms with Gasteiger partial charge >= 0.3 is 0 Å². The maximum absolute atomic E-state index is 4.86. The maximum Gasteiger partial charge on any atom is 0.0103 e. The largest absolute Gasteiger partial charge is 0.688 e. The molecule has 0 radical (unpaired) electrons. The summed E-state index contributed by atoms with van der Waals surface area (Å²) in [6, 6.07) is 45.7. The first kappa shape index (κ1) is 56.7. The molecule has 2 N–H and O–H groups in total. The molecule has 59 heavy (non-hydrogen) atoms. The van der Waals surface area contributed by atoms with E-state index in [0.29, 0.717) is 65.6 Å². The van der Waals surface area contributed by atoms with Gasteiger partial charge in [-0.2, -0.15) is 6.20 Å². The molecule has 0 spiro atoms. The predicted molar refractivity (Wildman–Crippen MR) is 259 cm³/mol. The third-order valence-corrected chi connectivity index (χ3v) is 10.8. The first-order chi connectivity index (χ1) is 26.8. The summed E-state index contributed by atoms with van der Waals surface area (Å²) in [5.74, 6) is 3.07. The molecular weight excluding hydrogens is 849 g/mol. The Labute approximate surface area is 397 Å². The third-order valence-electron chi connectivity index (χ3n) is 10.8. The first-order valence-electron chi connectivity index (χ1n) is 21.5. The minimum absolute atomic E-state index is 0. The fourth-order valence-electron chi connectivity index (χ4n) is 8.00. The van der Waals surface area contributed by atoms with Gasteiger partial charge in [0.05, 0.1) is 0 Å². The van der Waals surface area contributed by atoms with Crippen molar-refractivity contribution in [2.24, 2.45) is 17.8 Å². The van der Waals surface area contributed by atoms with Gasteiger partial charge in [0.15, 0.2) is 0 Å². The predicted octanol–water partition coefficient (Wildman–Crippen LogP) is 14.4. The van der Waals surface area contributed by atoms with Gasteiger partial charge in [0.25, 0.3) is 0 Å². The van der Waals surface area contributed by atoms with Crippen LogP contribution < -0.4 is 10.6 Å². The molecule has 0 aliphatic carbocycles. The van der Waals surface area contributed by atoms with Gasteiger partial charge in [-0.15, -0.1) is 18.6 Å². The summed E-state index contributed by atoms with van der Waals surface area (Å²) in [4.78, 5) is 0. The van der Waals surface area contributed by atoms with Gasteiger partial charge in [-0.3, -0.25) is 0 Å². The zero-order valence-electron chi connectivity index (χ0n) is 39.5. The molecule has 0 saturated carbocycles. The monoisotopic (exact) mass is 929 g/mol. The number of hydrogen-bond donors (Lipinski definition) is 2. The molecule has 0 heterocycles. The van der Waals surface area contributed by atoms with E-state index in [-0.39, 0.29) is 55.7 Å². The smallest absolute Gasteiger partial charge is 0.0103 e. The van der Waals surface area contributed by atoms with Crippen LogP contribution in [0.5, 0.6) is 0 Å². The van der Waals surface area contributed by atoms with E-state index in [1.54, 1.807) is 0 Å². The summed E-state index contributed by atoms with van der Waals surface area (Å²) in [5, 5.41) is 16.9. The topological polar surface area (TPSA) is 52.3 Å². The molecule has 0 aromatic heterocycles. The van der Waals surface area contributed by atoms with Crippen LogP contribution in [0.25, 0.3) is 10.6 Å². The summed E-state index contributed by atoms with van der Waals surface area (Å²) in [6.07, 6.45) is 2.10. The second kappa shape index (κ2) is 30.6. The molecule has 5 heteroatoms. The Morgan fingerprint density at radius 1 is 0.475 bits per heavy atom. The average Bonchev–Trinajstić information content (AvgIpc) is 3.19. The summed E-state index contributed by atoms with van der Waals surface area (Å²) >= 11 is 0. The molecule has 0 saturated heterocycles. The normalized spacial score (nSPS) is 15.0. The molecular formula is C54H82N4Nd-4. The number of hydrogen-bond acceptors (Lipinski definition) is 2. The van der Waals surface area contributed by atoms with Crippen molar-refractivity contribution in [1.82, 2.24) is 10.6 Å². The number of rotatable bonds is 21. The number of allylic oxidation sites excluding steroid dienone is 1. The van der Waals surface area contributed by atoms with Crippen LogP contribution >= 0.6 is 0 Å². The van der Waals surface area contributed by atoms with Crippen LogP contribution in [0.4, 0.5) is 0 Å². The molecule has 326 valence electrons. The minimum atomic E-state index is 0. The zero-order valence-corrected chi connectivity index (χ0v) is 42.7. The standard InChI is InChI=1S/C26H39N2.C26H37N2.2CH3.Nd/c2*1-19(2)27-17-21(5)25(23-13-9-7-10-14-23)26(22(6)18-28-20(3)4)24-15-11-8-12-16-24;;;/h7-16,19-22,25-27H,17-18H2,1-6H3;7-17,19-20,22,25-26,28H,18H2,1-6H3;2*1H3;/q4*-1;/b;21-17+;;;/t21-,22+,25-,26-;22?,25-,26-;;;/m10.../s1. The Morgan fingerprint density at radius 3 is 1.17 bits per heavy atom. The van der Waals surface area contributed by atoms with Crippen molar-refractivity contribution in [2.45, 2.75) is 131 Å². The SMILES string of the molecule is C/C(=C\[N-]C(C)C)[C@@H](c1ccccc1)[C@H](c1ccccc1)C(C)CNC(C)C.CC(C)[N-]C[C@H](C)[C@H](c1ccccc1)[C@@H](c1ccccc1)[C@H](C)CNC(C)C.[CH3-].[CH3-].[Nd]. The second-order valence-corrected chi connectivity index (χ2v) is 17.3. The summed E-state index contributed by atoms with van der Waals surface area (Å²) < 4.78 is 0. The van der Waals surface area contributed by atoms with Gasteiger partial charge in [-0.25, -0.2) is 0 Å². The summed E-state index contributed by atoms with van der Waals surface area (Å²) in [7, 11) is 0. The van der Waals surface area contributed by atoms with E-state index in [2.05, 4.69) is 221 Å². The Bertz CT molecular complexity index is 1550. The van der Waals surface area contributed by atoms with Crippen LogP contribution in [0.2, 0.25) is 0 Å². The first-order valence-corrected chi connectivity index (χ1v) is 21.5. The quantitative estimate of drug-likeness (QED) is 0.0818. The van der Waals surface area contributed by atoms with Gasteiger partial charge in [0, 0.05) is 58.8 Å². The van der Waals surface area contributed by atoms with Gasteiger partial charge in [-0.1, -0.05) is 209 Å². The third kappa shape index (κ3) is 19.9. The molecule has 0 bridgehead atoms. The Morgan fingerprint density at radius 2 is 0.814 bits per heavy atom. The van der Waals surface area contributed by atoms with Crippen LogP contribution in [-0.2, 0) is 0 Å². The molecule has 4 rings (SSSR count). The van der Waals surface area contributed by atoms with Crippen LogP contribution in [0.15, 0.2) is 133 Å². The minimum Gasteiger partial charge on any atom is -0.688 e. The molecule has 1 unspecified atom stereocenters. The number of nitrogens with one attached hydrogen (secondary N) is 2. The van der Waals surface area contributed by atoms with Crippen LogP contribution in [0, 0.1) is 73.4 Å². The van der Waals surface area contributed by atoms with E-state index in [0.717, 1.165) is 19.6 Å². The molecule has 0 amide bonds. The molecule has 0 fully saturated rings. The Kier molecular flexibility index (Phi) is 29.4. The Hall–Kier alpha value is -2.35. The van der Waals surface area contributed by atoms with E-state index in [1.807, 2.05) is 0 Å². The van der Waals surface area contributed by atoms with Crippen molar-refractivity contribution in [3.63, 3.8) is 0 Å². The van der Waals surface area contributed by atoms with Gasteiger partial charge < -0.3 is 36.1 Å². The van der Waals surface area contributed by atoms with Crippen molar-refractivity contribution in [1.29, 1.82) is 0 Å². The molecule has 7 atom stereocenters. The summed E-state index contributed by atoms with van der Waals surface area (Å²) in [6.45, 7) is 29.8. The number of benzene rings is 4. The molecule has 0 aliphatic heterocycles. The molecule has 4 aromatic carbocycles. The Balaban J connectivity index is 0.00000109. The van der Waals surface area contributed by atoms with E-state index >= 15 is 0 Å². The van der Waals surface area contributed by atoms with Gasteiger partial charge in [0.1, 0.15) is 0 Å². The summed E-state index contributed by atoms with van der Waals surface area (Å²) in [5.41, 5.74) is 6.95. The zero-order chi connectivity index (χ0) is 41.0. The average molecular weight is 932 g/mol. The van der Waals surface area contributed by atoms with Gasteiger partial charge in [0.2, 0.25) is 0 Å². The van der Waals surface area contributed by atoms with Crippen molar-refractivity contribution >= 4 is 0 Å². The van der Waals surface area contributed by atoms with Crippen LogP contribution in [0.3, 0.4) is 0 Å². The van der Waals surface area contributed by atoms with Crippen molar-refractivity contribution in [2.75, 3.05) is 19.6 Å². The molecule has 0 aliphatic rings. The van der Waals surface area contributed by atoms with Crippen molar-refractivity contribution in [3.05, 3.63) is 181 Å². The number of nitrogens with zero attached hydrogens (tertiary/aromatic N) is 2. The van der Waals surface area contributed by atoms with E-state index in [9.17, 15) is 0 Å². The fourth-order valence-corrected chi connectivity index (χ4v) is 8.00.